The quantitative estimate of drug-likeness (QED) is 0.359. The molecular weight excluding hydrogens is 424 g/mol. The number of aliphatic carboxylic acids is 1. The molecule has 4 nitrogen and oxygen atoms in total. The molecule has 0 fully saturated rings. The van der Waals surface area contributed by atoms with Crippen molar-refractivity contribution in [3.63, 3.8) is 0 Å². The van der Waals surface area contributed by atoms with Crippen molar-refractivity contribution in [3.8, 4) is 5.75 Å². The van der Waals surface area contributed by atoms with Gasteiger partial charge in [-0.25, -0.2) is 4.79 Å². The first kappa shape index (κ1) is 23.8. The van der Waals surface area contributed by atoms with Crippen LogP contribution in [0, 0.1) is 5.92 Å². The predicted octanol–water partition coefficient (Wildman–Crippen LogP) is 6.40. The fourth-order valence-electron chi connectivity index (χ4n) is 4.58. The van der Waals surface area contributed by atoms with Crippen molar-refractivity contribution >= 4 is 5.97 Å². The minimum absolute atomic E-state index is 0.0112. The van der Waals surface area contributed by atoms with Gasteiger partial charge in [-0.15, -0.1) is 0 Å². The van der Waals surface area contributed by atoms with Gasteiger partial charge in [0.1, 0.15) is 11.9 Å². The van der Waals surface area contributed by atoms with Crippen LogP contribution >= 0.6 is 0 Å². The lowest BCUT2D eigenvalue weighted by Crippen LogP contribution is -2.18. The van der Waals surface area contributed by atoms with E-state index in [1.165, 1.54) is 5.56 Å². The number of rotatable bonds is 10. The van der Waals surface area contributed by atoms with E-state index in [9.17, 15) is 4.79 Å². The summed E-state index contributed by atoms with van der Waals surface area (Å²) in [6.45, 7) is 1.85. The molecule has 2 atom stereocenters. The lowest BCUT2D eigenvalue weighted by Gasteiger charge is -2.26. The van der Waals surface area contributed by atoms with Gasteiger partial charge in [0.2, 0.25) is 0 Å². The lowest BCUT2D eigenvalue weighted by atomic mass is 9.83. The zero-order valence-corrected chi connectivity index (χ0v) is 19.6. The summed E-state index contributed by atoms with van der Waals surface area (Å²) < 4.78 is 12.2. The Bertz CT molecular complexity index is 1050. The molecule has 2 unspecified atom stereocenters. The van der Waals surface area contributed by atoms with Crippen LogP contribution in [-0.2, 0) is 22.4 Å². The number of benzene rings is 3. The first-order chi connectivity index (χ1) is 16.6. The van der Waals surface area contributed by atoms with Crippen molar-refractivity contribution in [1.82, 2.24) is 0 Å². The summed E-state index contributed by atoms with van der Waals surface area (Å²) in [5, 5.41) is 8.93. The van der Waals surface area contributed by atoms with Gasteiger partial charge in [0.15, 0.2) is 6.61 Å². The monoisotopic (exact) mass is 456 g/mol. The van der Waals surface area contributed by atoms with Crippen LogP contribution < -0.4 is 4.74 Å². The molecule has 0 heterocycles. The number of fused-ring (bicyclic) bond motifs is 1. The van der Waals surface area contributed by atoms with Crippen LogP contribution in [-0.4, -0.2) is 23.8 Å². The summed E-state index contributed by atoms with van der Waals surface area (Å²) in [6, 6.07) is 26.7. The van der Waals surface area contributed by atoms with Crippen LogP contribution in [0.15, 0.2) is 91.0 Å². The molecule has 0 saturated carbocycles. The standard InChI is InChI=1S/C30H32O4/c1-2-26(34-30(23-10-5-3-6-11-23)24-12-7-4-8-13-24)18-16-22-17-19-27-25(20-22)14-9-15-28(27)33-21-29(31)32/h3-16,18,22,26,30H,2,17,19-21H2,1H3,(H,31,32)/b18-16+. The van der Waals surface area contributed by atoms with Crippen molar-refractivity contribution < 1.29 is 19.4 Å². The molecule has 0 aliphatic heterocycles. The van der Waals surface area contributed by atoms with E-state index in [4.69, 9.17) is 14.6 Å². The second-order valence-electron chi connectivity index (χ2n) is 8.75. The first-order valence-electron chi connectivity index (χ1n) is 12.0. The van der Waals surface area contributed by atoms with Crippen molar-refractivity contribution in [1.29, 1.82) is 0 Å². The maximum Gasteiger partial charge on any atom is 0.341 e. The van der Waals surface area contributed by atoms with Gasteiger partial charge < -0.3 is 14.6 Å². The summed E-state index contributed by atoms with van der Waals surface area (Å²) in [6.07, 6.45) is 8.13. The molecule has 0 amide bonds. The van der Waals surface area contributed by atoms with Gasteiger partial charge in [-0.3, -0.25) is 0 Å². The molecule has 1 aliphatic carbocycles. The fourth-order valence-corrected chi connectivity index (χ4v) is 4.58. The minimum atomic E-state index is -0.955. The smallest absolute Gasteiger partial charge is 0.341 e. The van der Waals surface area contributed by atoms with Crippen LogP contribution in [0.1, 0.15) is 48.1 Å². The van der Waals surface area contributed by atoms with Crippen molar-refractivity contribution in [3.05, 3.63) is 113 Å². The van der Waals surface area contributed by atoms with E-state index in [0.29, 0.717) is 11.7 Å². The molecular formula is C30H32O4. The zero-order valence-electron chi connectivity index (χ0n) is 19.6. The topological polar surface area (TPSA) is 55.8 Å². The van der Waals surface area contributed by atoms with Gasteiger partial charge in [-0.05, 0) is 59.9 Å². The Morgan fingerprint density at radius 1 is 1.00 bits per heavy atom. The van der Waals surface area contributed by atoms with Crippen molar-refractivity contribution in [2.75, 3.05) is 6.61 Å². The van der Waals surface area contributed by atoms with E-state index in [1.54, 1.807) is 0 Å². The molecule has 0 radical (unpaired) electrons. The minimum Gasteiger partial charge on any atom is -0.482 e. The van der Waals surface area contributed by atoms with E-state index >= 15 is 0 Å². The van der Waals surface area contributed by atoms with Gasteiger partial charge in [-0.1, -0.05) is 91.9 Å². The molecule has 0 bridgehead atoms. The largest absolute Gasteiger partial charge is 0.482 e. The highest BCUT2D eigenvalue weighted by Crippen LogP contribution is 2.33. The summed E-state index contributed by atoms with van der Waals surface area (Å²) in [5.74, 6) is 0.168. The van der Waals surface area contributed by atoms with Gasteiger partial charge in [0, 0.05) is 0 Å². The number of hydrogen-bond acceptors (Lipinski definition) is 3. The normalized spacial score (nSPS) is 16.4. The summed E-state index contributed by atoms with van der Waals surface area (Å²) in [4.78, 5) is 10.9. The van der Waals surface area contributed by atoms with E-state index in [-0.39, 0.29) is 18.8 Å². The first-order valence-corrected chi connectivity index (χ1v) is 12.0. The van der Waals surface area contributed by atoms with Crippen molar-refractivity contribution in [2.45, 2.75) is 44.8 Å². The van der Waals surface area contributed by atoms with E-state index in [0.717, 1.165) is 42.4 Å². The Balaban J connectivity index is 1.45. The van der Waals surface area contributed by atoms with Crippen LogP contribution in [0.4, 0.5) is 0 Å². The zero-order chi connectivity index (χ0) is 23.8. The number of carbonyl (C=O) groups is 1. The Morgan fingerprint density at radius 3 is 2.29 bits per heavy atom. The molecule has 3 aromatic carbocycles. The molecule has 4 rings (SSSR count). The Morgan fingerprint density at radius 2 is 1.68 bits per heavy atom. The van der Waals surface area contributed by atoms with Crippen LogP contribution in [0.25, 0.3) is 0 Å². The molecule has 176 valence electrons. The molecule has 0 spiro atoms. The number of allylic oxidation sites excluding steroid dienone is 1. The maximum atomic E-state index is 10.9. The van der Waals surface area contributed by atoms with E-state index in [1.807, 2.05) is 24.3 Å². The van der Waals surface area contributed by atoms with Crippen LogP contribution in [0.3, 0.4) is 0 Å². The third-order valence-corrected chi connectivity index (χ3v) is 6.34. The molecule has 3 aromatic rings. The maximum absolute atomic E-state index is 10.9. The summed E-state index contributed by atoms with van der Waals surface area (Å²) in [5.41, 5.74) is 4.69. The number of ether oxygens (including phenoxy) is 2. The molecule has 0 aromatic heterocycles. The lowest BCUT2D eigenvalue weighted by molar-refractivity contribution is -0.139. The van der Waals surface area contributed by atoms with Gasteiger partial charge in [-0.2, -0.15) is 0 Å². The molecule has 1 N–H and O–H groups in total. The Labute approximate surface area is 201 Å². The van der Waals surface area contributed by atoms with Gasteiger partial charge in [0.05, 0.1) is 6.10 Å². The number of carboxylic acids is 1. The predicted molar refractivity (Wildman–Crippen MR) is 134 cm³/mol. The average molecular weight is 457 g/mol. The molecule has 34 heavy (non-hydrogen) atoms. The van der Waals surface area contributed by atoms with E-state index < -0.39 is 5.97 Å². The SMILES string of the molecule is CCC(/C=C/C1CCc2c(cccc2OCC(=O)O)C1)OC(c1ccccc1)c1ccccc1. The highest BCUT2D eigenvalue weighted by atomic mass is 16.5. The Kier molecular flexibility index (Phi) is 8.16. The highest BCUT2D eigenvalue weighted by Gasteiger charge is 2.22. The number of carboxylic acid groups (broad SMARTS) is 1. The highest BCUT2D eigenvalue weighted by molar-refractivity contribution is 5.68. The van der Waals surface area contributed by atoms with Crippen LogP contribution in [0.2, 0.25) is 0 Å². The third-order valence-electron chi connectivity index (χ3n) is 6.34. The van der Waals surface area contributed by atoms with Crippen LogP contribution in [0.5, 0.6) is 5.75 Å². The third kappa shape index (κ3) is 6.15. The second-order valence-corrected chi connectivity index (χ2v) is 8.75. The second kappa shape index (κ2) is 11.7. The number of hydrogen-bond donors (Lipinski definition) is 1. The molecule has 0 saturated heterocycles. The fraction of sp³-hybridized carbons (Fsp3) is 0.300. The average Bonchev–Trinajstić information content (AvgIpc) is 2.88. The molecule has 1 aliphatic rings. The van der Waals surface area contributed by atoms with Gasteiger partial charge in [0.25, 0.3) is 0 Å². The summed E-state index contributed by atoms with van der Waals surface area (Å²) >= 11 is 0. The molecule has 4 heteroatoms. The summed E-state index contributed by atoms with van der Waals surface area (Å²) in [7, 11) is 0. The van der Waals surface area contributed by atoms with Gasteiger partial charge >= 0.3 is 5.97 Å². The van der Waals surface area contributed by atoms with Crippen molar-refractivity contribution in [2.24, 2.45) is 5.92 Å². The van der Waals surface area contributed by atoms with E-state index in [2.05, 4.69) is 73.7 Å². The Hall–Kier alpha value is -3.37.